The smallest absolute Gasteiger partial charge is 0.193 e. The van der Waals surface area contributed by atoms with E-state index in [2.05, 4.69) is 49.0 Å². The highest BCUT2D eigenvalue weighted by Gasteiger charge is 2.38. The molecule has 1 aromatic heterocycles. The van der Waals surface area contributed by atoms with Gasteiger partial charge in [0, 0.05) is 55.7 Å². The molecular weight excluding hydrogens is 382 g/mol. The number of aliphatic imine (C=N–C) groups is 1. The van der Waals surface area contributed by atoms with Crippen molar-refractivity contribution in [2.24, 2.45) is 4.99 Å². The fourth-order valence-electron chi connectivity index (χ4n) is 5.25. The van der Waals surface area contributed by atoms with Crippen LogP contribution in [0.5, 0.6) is 0 Å². The molecular formula is C21H37N7S. The number of hydrogen-bond donors (Lipinski definition) is 2. The minimum atomic E-state index is 0.290. The van der Waals surface area contributed by atoms with Gasteiger partial charge in [0.2, 0.25) is 0 Å². The van der Waals surface area contributed by atoms with E-state index in [-0.39, 0.29) is 5.54 Å². The zero-order valence-electron chi connectivity index (χ0n) is 17.9. The van der Waals surface area contributed by atoms with E-state index in [1.807, 2.05) is 0 Å². The van der Waals surface area contributed by atoms with Crippen molar-refractivity contribution in [3.05, 3.63) is 12.2 Å². The monoisotopic (exact) mass is 419 g/mol. The van der Waals surface area contributed by atoms with Crippen molar-refractivity contribution in [2.45, 2.75) is 63.3 Å². The van der Waals surface area contributed by atoms with Crippen LogP contribution in [0.1, 0.15) is 63.6 Å². The van der Waals surface area contributed by atoms with Crippen molar-refractivity contribution in [3.63, 3.8) is 0 Å². The second-order valence-corrected chi connectivity index (χ2v) is 9.91. The molecule has 1 saturated carbocycles. The zero-order valence-corrected chi connectivity index (χ0v) is 18.7. The van der Waals surface area contributed by atoms with Gasteiger partial charge in [-0.15, -0.1) is 0 Å². The highest BCUT2D eigenvalue weighted by Crippen LogP contribution is 2.36. The number of rotatable bonds is 5. The number of nitrogens with zero attached hydrogens (tertiary/aromatic N) is 5. The van der Waals surface area contributed by atoms with E-state index in [4.69, 9.17) is 4.99 Å². The number of likely N-dealkylation sites (tertiary alicyclic amines) is 1. The Morgan fingerprint density at radius 2 is 1.97 bits per heavy atom. The predicted octanol–water partition coefficient (Wildman–Crippen LogP) is 2.70. The van der Waals surface area contributed by atoms with Gasteiger partial charge >= 0.3 is 0 Å². The number of guanidine groups is 1. The molecule has 2 aliphatic heterocycles. The van der Waals surface area contributed by atoms with E-state index in [0.29, 0.717) is 5.92 Å². The fourth-order valence-corrected chi connectivity index (χ4v) is 6.15. The van der Waals surface area contributed by atoms with Crippen LogP contribution in [0.3, 0.4) is 0 Å². The molecule has 7 nitrogen and oxygen atoms in total. The van der Waals surface area contributed by atoms with Crippen molar-refractivity contribution >= 4 is 17.7 Å². The van der Waals surface area contributed by atoms with Crippen LogP contribution in [-0.4, -0.2) is 87.3 Å². The molecule has 0 radical (unpaired) electrons. The summed E-state index contributed by atoms with van der Waals surface area (Å²) in [4.78, 5) is 14.9. The second-order valence-electron chi connectivity index (χ2n) is 8.69. The molecule has 1 aliphatic carbocycles. The Morgan fingerprint density at radius 3 is 2.62 bits per heavy atom. The number of thioether (sulfide) groups is 1. The summed E-state index contributed by atoms with van der Waals surface area (Å²) in [6, 6.07) is 0. The maximum Gasteiger partial charge on any atom is 0.193 e. The number of H-pyrrole nitrogens is 1. The number of piperidine rings is 1. The molecule has 2 saturated heterocycles. The van der Waals surface area contributed by atoms with Crippen molar-refractivity contribution in [1.29, 1.82) is 0 Å². The van der Waals surface area contributed by atoms with E-state index in [0.717, 1.165) is 50.8 Å². The number of aromatic amines is 1. The van der Waals surface area contributed by atoms with Crippen LogP contribution in [0.4, 0.5) is 0 Å². The van der Waals surface area contributed by atoms with Crippen LogP contribution in [0.25, 0.3) is 0 Å². The first-order valence-electron chi connectivity index (χ1n) is 11.5. The van der Waals surface area contributed by atoms with Crippen LogP contribution in [0.15, 0.2) is 11.3 Å². The molecule has 3 fully saturated rings. The van der Waals surface area contributed by atoms with Gasteiger partial charge in [-0.1, -0.05) is 19.3 Å². The van der Waals surface area contributed by atoms with Crippen LogP contribution >= 0.6 is 11.8 Å². The molecule has 8 heteroatoms. The molecule has 1 aromatic rings. The molecule has 0 atom stereocenters. The van der Waals surface area contributed by atoms with Gasteiger partial charge in [0.1, 0.15) is 12.2 Å². The molecule has 0 amide bonds. The lowest BCUT2D eigenvalue weighted by Crippen LogP contribution is -2.56. The first kappa shape index (κ1) is 21.0. The quantitative estimate of drug-likeness (QED) is 0.565. The second kappa shape index (κ2) is 10.2. The van der Waals surface area contributed by atoms with E-state index in [9.17, 15) is 0 Å². The molecule has 29 heavy (non-hydrogen) atoms. The molecule has 0 bridgehead atoms. The first-order valence-corrected chi connectivity index (χ1v) is 12.7. The Labute approximate surface area is 179 Å². The van der Waals surface area contributed by atoms with Crippen molar-refractivity contribution < 1.29 is 0 Å². The summed E-state index contributed by atoms with van der Waals surface area (Å²) in [5, 5.41) is 10.7. The van der Waals surface area contributed by atoms with Gasteiger partial charge in [0.05, 0.1) is 6.54 Å². The molecule has 2 N–H and O–H groups in total. The lowest BCUT2D eigenvalue weighted by Gasteiger charge is -2.47. The lowest BCUT2D eigenvalue weighted by molar-refractivity contribution is 0.0669. The molecule has 0 aromatic carbocycles. The Bertz CT molecular complexity index is 627. The van der Waals surface area contributed by atoms with Gasteiger partial charge < -0.3 is 10.2 Å². The van der Waals surface area contributed by atoms with Gasteiger partial charge in [-0.25, -0.2) is 4.98 Å². The summed E-state index contributed by atoms with van der Waals surface area (Å²) >= 11 is 2.11. The normalized spacial score (nSPS) is 24.6. The van der Waals surface area contributed by atoms with Crippen LogP contribution in [0.2, 0.25) is 0 Å². The lowest BCUT2D eigenvalue weighted by atomic mass is 9.80. The zero-order chi connectivity index (χ0) is 19.9. The highest BCUT2D eigenvalue weighted by molar-refractivity contribution is 7.99. The van der Waals surface area contributed by atoms with Crippen LogP contribution < -0.4 is 5.32 Å². The van der Waals surface area contributed by atoms with Crippen molar-refractivity contribution in [2.75, 3.05) is 50.8 Å². The summed E-state index contributed by atoms with van der Waals surface area (Å²) in [7, 11) is 0. The molecule has 0 unspecified atom stereocenters. The topological polar surface area (TPSA) is 72.4 Å². The van der Waals surface area contributed by atoms with E-state index in [1.54, 1.807) is 6.33 Å². The molecule has 3 aliphatic rings. The molecule has 4 rings (SSSR count). The largest absolute Gasteiger partial charge is 0.357 e. The fraction of sp³-hybridized carbons (Fsp3) is 0.857. The van der Waals surface area contributed by atoms with Crippen molar-refractivity contribution in [3.8, 4) is 0 Å². The van der Waals surface area contributed by atoms with E-state index >= 15 is 0 Å². The molecule has 0 spiro atoms. The maximum atomic E-state index is 5.24. The Hall–Kier alpha value is -1.28. The summed E-state index contributed by atoms with van der Waals surface area (Å²) in [6.07, 6.45) is 10.6. The minimum Gasteiger partial charge on any atom is -0.357 e. The number of aromatic nitrogens is 3. The van der Waals surface area contributed by atoms with E-state index in [1.165, 1.54) is 56.7 Å². The third-order valence-electron chi connectivity index (χ3n) is 6.94. The average Bonchev–Trinajstić information content (AvgIpc) is 3.33. The van der Waals surface area contributed by atoms with Crippen LogP contribution in [-0.2, 0) is 0 Å². The SMILES string of the molecule is CCNC(=NCC1(N2CCSCC2)CCCCC1)N1CCC(c2ncn[nH]2)CC1. The number of nitrogens with one attached hydrogen (secondary N) is 2. The summed E-state index contributed by atoms with van der Waals surface area (Å²) < 4.78 is 0. The summed E-state index contributed by atoms with van der Waals surface area (Å²) in [6.45, 7) is 8.58. The maximum absolute atomic E-state index is 5.24. The van der Waals surface area contributed by atoms with Crippen molar-refractivity contribution in [1.82, 2.24) is 30.3 Å². The first-order chi connectivity index (χ1) is 14.3. The number of hydrogen-bond acceptors (Lipinski definition) is 5. The van der Waals surface area contributed by atoms with Gasteiger partial charge in [-0.2, -0.15) is 16.9 Å². The minimum absolute atomic E-state index is 0.290. The molecule has 3 heterocycles. The Kier molecular flexibility index (Phi) is 7.34. The van der Waals surface area contributed by atoms with Gasteiger partial charge in [-0.3, -0.25) is 15.0 Å². The predicted molar refractivity (Wildman–Crippen MR) is 121 cm³/mol. The van der Waals surface area contributed by atoms with Gasteiger partial charge in [0.25, 0.3) is 0 Å². The Balaban J connectivity index is 1.42. The highest BCUT2D eigenvalue weighted by atomic mass is 32.2. The van der Waals surface area contributed by atoms with Crippen LogP contribution in [0, 0.1) is 0 Å². The summed E-state index contributed by atoms with van der Waals surface area (Å²) in [5.74, 6) is 5.20. The van der Waals surface area contributed by atoms with Gasteiger partial charge in [0.15, 0.2) is 5.96 Å². The average molecular weight is 420 g/mol. The third kappa shape index (κ3) is 5.08. The standard InChI is InChI=1S/C21H37N7S/c1-2-22-20(27-10-6-18(7-11-27)19-24-17-25-26-19)23-16-21(8-4-3-5-9-21)28-12-14-29-15-13-28/h17-18H,2-16H2,1H3,(H,22,23)(H,24,25,26). The van der Waals surface area contributed by atoms with Gasteiger partial charge in [-0.05, 0) is 32.6 Å². The Morgan fingerprint density at radius 1 is 1.21 bits per heavy atom. The summed E-state index contributed by atoms with van der Waals surface area (Å²) in [5.41, 5.74) is 0.290. The molecule has 162 valence electrons. The third-order valence-corrected chi connectivity index (χ3v) is 7.88. The van der Waals surface area contributed by atoms with E-state index < -0.39 is 0 Å².